The SMILES string of the molecule is CCc1c(C)nc(-c2ccc(-c3ccc4cc[nH]c4c3)cc2)n(CC2CCN(C(=O)C3CC3)C2)c1=O. The van der Waals surface area contributed by atoms with E-state index < -0.39 is 0 Å². The molecule has 1 aliphatic carbocycles. The van der Waals surface area contributed by atoms with Crippen molar-refractivity contribution >= 4 is 16.8 Å². The number of aromatic amines is 1. The first-order valence-electron chi connectivity index (χ1n) is 13.1. The molecular weight excluding hydrogens is 448 g/mol. The summed E-state index contributed by atoms with van der Waals surface area (Å²) in [6.07, 6.45) is 5.60. The molecule has 1 atom stereocenters. The van der Waals surface area contributed by atoms with Crippen LogP contribution in [-0.2, 0) is 17.8 Å². The molecule has 1 saturated heterocycles. The van der Waals surface area contributed by atoms with Gasteiger partial charge in [0.2, 0.25) is 5.91 Å². The summed E-state index contributed by atoms with van der Waals surface area (Å²) in [6, 6.07) is 16.8. The molecule has 184 valence electrons. The van der Waals surface area contributed by atoms with E-state index in [0.717, 1.165) is 65.8 Å². The number of carbonyl (C=O) groups is 1. The van der Waals surface area contributed by atoms with Crippen LogP contribution in [0.15, 0.2) is 59.5 Å². The van der Waals surface area contributed by atoms with Gasteiger partial charge in [-0.1, -0.05) is 43.3 Å². The van der Waals surface area contributed by atoms with Crippen LogP contribution in [0.25, 0.3) is 33.4 Å². The minimum Gasteiger partial charge on any atom is -0.361 e. The third kappa shape index (κ3) is 4.15. The van der Waals surface area contributed by atoms with Crippen molar-refractivity contribution in [2.75, 3.05) is 13.1 Å². The van der Waals surface area contributed by atoms with Crippen LogP contribution >= 0.6 is 0 Å². The first kappa shape index (κ1) is 22.8. The zero-order valence-electron chi connectivity index (χ0n) is 21.0. The first-order chi connectivity index (χ1) is 17.5. The summed E-state index contributed by atoms with van der Waals surface area (Å²) in [6.45, 7) is 6.06. The van der Waals surface area contributed by atoms with Gasteiger partial charge in [-0.05, 0) is 67.2 Å². The molecular formula is C30H32N4O2. The van der Waals surface area contributed by atoms with E-state index in [2.05, 4.69) is 53.5 Å². The molecule has 0 bridgehead atoms. The number of nitrogens with zero attached hydrogens (tertiary/aromatic N) is 3. The zero-order valence-corrected chi connectivity index (χ0v) is 21.0. The molecule has 0 radical (unpaired) electrons. The molecule has 2 aliphatic rings. The Morgan fingerprint density at radius 3 is 2.53 bits per heavy atom. The van der Waals surface area contributed by atoms with E-state index in [1.165, 1.54) is 5.39 Å². The van der Waals surface area contributed by atoms with Gasteiger partial charge in [0, 0.05) is 54.1 Å². The second-order valence-corrected chi connectivity index (χ2v) is 10.3. The molecule has 4 aromatic rings. The molecule has 6 heteroatoms. The Morgan fingerprint density at radius 2 is 1.78 bits per heavy atom. The van der Waals surface area contributed by atoms with E-state index in [9.17, 15) is 9.59 Å². The number of amides is 1. The van der Waals surface area contributed by atoms with Crippen LogP contribution in [0.4, 0.5) is 0 Å². The summed E-state index contributed by atoms with van der Waals surface area (Å²) in [4.78, 5) is 36.3. The Morgan fingerprint density at radius 1 is 1.03 bits per heavy atom. The number of rotatable bonds is 6. The Kier molecular flexibility index (Phi) is 5.75. The summed E-state index contributed by atoms with van der Waals surface area (Å²) in [5.41, 5.74) is 5.94. The van der Waals surface area contributed by atoms with Gasteiger partial charge < -0.3 is 9.88 Å². The molecule has 6 nitrogen and oxygen atoms in total. The number of benzene rings is 2. The van der Waals surface area contributed by atoms with Gasteiger partial charge in [-0.15, -0.1) is 0 Å². The van der Waals surface area contributed by atoms with E-state index in [1.54, 1.807) is 0 Å². The summed E-state index contributed by atoms with van der Waals surface area (Å²) in [5.74, 6) is 1.53. The van der Waals surface area contributed by atoms with Crippen molar-refractivity contribution in [1.82, 2.24) is 19.4 Å². The number of H-pyrrole nitrogens is 1. The maximum absolute atomic E-state index is 13.6. The van der Waals surface area contributed by atoms with Crippen molar-refractivity contribution < 1.29 is 4.79 Å². The number of carbonyl (C=O) groups excluding carboxylic acids is 1. The molecule has 1 saturated carbocycles. The third-order valence-electron chi connectivity index (χ3n) is 7.82. The zero-order chi connectivity index (χ0) is 24.8. The van der Waals surface area contributed by atoms with Crippen molar-refractivity contribution in [3.05, 3.63) is 76.3 Å². The normalized spacial score (nSPS) is 17.7. The molecule has 1 amide bonds. The predicted octanol–water partition coefficient (Wildman–Crippen LogP) is 5.19. The number of aryl methyl sites for hydroxylation is 1. The highest BCUT2D eigenvalue weighted by atomic mass is 16.2. The van der Waals surface area contributed by atoms with Crippen LogP contribution in [0.2, 0.25) is 0 Å². The smallest absolute Gasteiger partial charge is 0.257 e. The second kappa shape index (κ2) is 9.08. The van der Waals surface area contributed by atoms with Crippen molar-refractivity contribution in [2.45, 2.75) is 46.1 Å². The highest BCUT2D eigenvalue weighted by Crippen LogP contribution is 2.33. The molecule has 2 aromatic carbocycles. The van der Waals surface area contributed by atoms with E-state index in [-0.39, 0.29) is 17.4 Å². The highest BCUT2D eigenvalue weighted by Gasteiger charge is 2.36. The Hall–Kier alpha value is -3.67. The lowest BCUT2D eigenvalue weighted by Crippen LogP contribution is -2.33. The molecule has 2 fully saturated rings. The summed E-state index contributed by atoms with van der Waals surface area (Å²) < 4.78 is 1.86. The molecule has 1 N–H and O–H groups in total. The maximum atomic E-state index is 13.6. The number of aromatic nitrogens is 3. The monoisotopic (exact) mass is 480 g/mol. The van der Waals surface area contributed by atoms with Gasteiger partial charge in [-0.25, -0.2) is 4.98 Å². The van der Waals surface area contributed by atoms with E-state index in [0.29, 0.717) is 24.7 Å². The molecule has 1 unspecified atom stereocenters. The number of hydrogen-bond donors (Lipinski definition) is 1. The van der Waals surface area contributed by atoms with Crippen LogP contribution in [0, 0.1) is 18.8 Å². The van der Waals surface area contributed by atoms with Gasteiger partial charge in [0.25, 0.3) is 5.56 Å². The molecule has 1 aliphatic heterocycles. The number of likely N-dealkylation sites (tertiary alicyclic amines) is 1. The first-order valence-corrected chi connectivity index (χ1v) is 13.1. The Balaban J connectivity index is 1.31. The third-order valence-corrected chi connectivity index (χ3v) is 7.82. The average Bonchev–Trinajstić information content (AvgIpc) is 3.45. The quantitative estimate of drug-likeness (QED) is 0.413. The fraction of sp³-hybridized carbons (Fsp3) is 0.367. The lowest BCUT2D eigenvalue weighted by molar-refractivity contribution is -0.131. The average molecular weight is 481 g/mol. The standard InChI is InChI=1S/C30H32N4O2/c1-3-26-19(2)32-28(34(30(26)36)18-20-13-15-33(17-20)29(35)24-9-10-24)23-7-4-21(5-8-23)25-11-6-22-12-14-31-27(22)16-25/h4-8,11-12,14,16,20,24,31H,3,9-10,13,15,17-18H2,1-2H3. The number of nitrogens with one attached hydrogen (secondary N) is 1. The summed E-state index contributed by atoms with van der Waals surface area (Å²) in [5, 5.41) is 1.19. The fourth-order valence-electron chi connectivity index (χ4n) is 5.57. The van der Waals surface area contributed by atoms with E-state index in [1.807, 2.05) is 29.5 Å². The van der Waals surface area contributed by atoms with Gasteiger partial charge in [0.05, 0.1) is 0 Å². The molecule has 0 spiro atoms. The fourth-order valence-corrected chi connectivity index (χ4v) is 5.57. The maximum Gasteiger partial charge on any atom is 0.257 e. The second-order valence-electron chi connectivity index (χ2n) is 10.3. The van der Waals surface area contributed by atoms with Crippen molar-refractivity contribution in [2.24, 2.45) is 11.8 Å². The van der Waals surface area contributed by atoms with Gasteiger partial charge in [-0.3, -0.25) is 14.2 Å². The Bertz CT molecular complexity index is 1490. The topological polar surface area (TPSA) is 71.0 Å². The van der Waals surface area contributed by atoms with Gasteiger partial charge in [0.15, 0.2) is 0 Å². The van der Waals surface area contributed by atoms with E-state index >= 15 is 0 Å². The van der Waals surface area contributed by atoms with Crippen LogP contribution in [0.5, 0.6) is 0 Å². The number of hydrogen-bond acceptors (Lipinski definition) is 3. The van der Waals surface area contributed by atoms with Crippen molar-refractivity contribution in [3.8, 4) is 22.5 Å². The minimum atomic E-state index is 0.0493. The lowest BCUT2D eigenvalue weighted by Gasteiger charge is -2.20. The Labute approximate surface area is 211 Å². The number of fused-ring (bicyclic) bond motifs is 1. The van der Waals surface area contributed by atoms with Gasteiger partial charge in [0.1, 0.15) is 5.82 Å². The van der Waals surface area contributed by atoms with Crippen molar-refractivity contribution in [1.29, 1.82) is 0 Å². The summed E-state index contributed by atoms with van der Waals surface area (Å²) >= 11 is 0. The van der Waals surface area contributed by atoms with Crippen LogP contribution in [0.3, 0.4) is 0 Å². The van der Waals surface area contributed by atoms with Crippen LogP contribution in [0.1, 0.15) is 37.4 Å². The summed E-state index contributed by atoms with van der Waals surface area (Å²) in [7, 11) is 0. The molecule has 6 rings (SSSR count). The van der Waals surface area contributed by atoms with Crippen LogP contribution < -0.4 is 5.56 Å². The van der Waals surface area contributed by atoms with Gasteiger partial charge in [-0.2, -0.15) is 0 Å². The molecule has 36 heavy (non-hydrogen) atoms. The molecule has 2 aromatic heterocycles. The minimum absolute atomic E-state index is 0.0493. The van der Waals surface area contributed by atoms with Gasteiger partial charge >= 0.3 is 0 Å². The predicted molar refractivity (Wildman–Crippen MR) is 143 cm³/mol. The van der Waals surface area contributed by atoms with Crippen molar-refractivity contribution in [3.63, 3.8) is 0 Å². The van der Waals surface area contributed by atoms with Crippen LogP contribution in [-0.4, -0.2) is 38.4 Å². The van der Waals surface area contributed by atoms with E-state index in [4.69, 9.17) is 4.98 Å². The highest BCUT2D eigenvalue weighted by molar-refractivity contribution is 5.85. The molecule has 3 heterocycles. The lowest BCUT2D eigenvalue weighted by atomic mass is 10.0. The largest absolute Gasteiger partial charge is 0.361 e.